The van der Waals surface area contributed by atoms with Gasteiger partial charge < -0.3 is 19.6 Å². The van der Waals surface area contributed by atoms with E-state index in [1.165, 1.54) is 24.3 Å². The van der Waals surface area contributed by atoms with Gasteiger partial charge in [0.15, 0.2) is 0 Å². The number of hydrazone groups is 1. The Balaban J connectivity index is 2.57. The quantitative estimate of drug-likeness (QED) is 0.589. The third-order valence-electron chi connectivity index (χ3n) is 3.05. The van der Waals surface area contributed by atoms with Gasteiger partial charge in [-0.2, -0.15) is 10.1 Å². The summed E-state index contributed by atoms with van der Waals surface area (Å²) in [7, 11) is -10.8. The molecule has 0 saturated carbocycles. The summed E-state index contributed by atoms with van der Waals surface area (Å²) < 4.78 is 23.4. The molecular formula is C10H12N2O7P2. The van der Waals surface area contributed by atoms with Crippen molar-refractivity contribution < 1.29 is 33.5 Å². The number of benzene rings is 1. The molecule has 2 rings (SSSR count). The van der Waals surface area contributed by atoms with Gasteiger partial charge in [-0.25, -0.2) is 0 Å². The molecule has 0 radical (unpaired) electrons. The van der Waals surface area contributed by atoms with Gasteiger partial charge in [0.1, 0.15) is 0 Å². The van der Waals surface area contributed by atoms with Crippen LogP contribution in [0, 0.1) is 0 Å². The number of nitrogens with zero attached hydrogens (tertiary/aromatic N) is 2. The van der Waals surface area contributed by atoms with Crippen molar-refractivity contribution in [3.8, 4) is 0 Å². The van der Waals surface area contributed by atoms with Crippen molar-refractivity contribution in [1.82, 2.24) is 5.01 Å². The Hall–Kier alpha value is -1.34. The van der Waals surface area contributed by atoms with Gasteiger partial charge in [-0.1, -0.05) is 18.2 Å². The molecule has 0 saturated heterocycles. The van der Waals surface area contributed by atoms with Crippen LogP contribution in [0.5, 0.6) is 0 Å². The van der Waals surface area contributed by atoms with Crippen LogP contribution in [0.25, 0.3) is 0 Å². The second-order valence-electron chi connectivity index (χ2n) is 4.35. The number of amides is 1. The Labute approximate surface area is 119 Å². The Bertz CT molecular complexity index is 656. The zero-order valence-corrected chi connectivity index (χ0v) is 12.3. The highest BCUT2D eigenvalue weighted by molar-refractivity contribution is 7.72. The van der Waals surface area contributed by atoms with Crippen LogP contribution < -0.4 is 0 Å². The molecule has 0 aromatic heterocycles. The number of carbonyl (C=O) groups is 1. The van der Waals surface area contributed by atoms with E-state index in [2.05, 4.69) is 5.10 Å². The predicted molar refractivity (Wildman–Crippen MR) is 72.5 cm³/mol. The normalized spacial score (nSPS) is 18.0. The van der Waals surface area contributed by atoms with E-state index in [0.29, 0.717) is 0 Å². The van der Waals surface area contributed by atoms with Gasteiger partial charge >= 0.3 is 15.2 Å². The SMILES string of the molecule is O=C(c1ccccc1)N1N=CCC1(P(=O)(O)O)P(=O)(O)O. The molecule has 1 heterocycles. The van der Waals surface area contributed by atoms with Gasteiger partial charge in [-0.05, 0) is 12.1 Å². The molecule has 4 N–H and O–H groups in total. The average molecular weight is 334 g/mol. The number of hydrogen-bond acceptors (Lipinski definition) is 4. The van der Waals surface area contributed by atoms with Crippen molar-refractivity contribution in [1.29, 1.82) is 0 Å². The smallest absolute Gasteiger partial charge is 0.322 e. The molecule has 0 spiro atoms. The molecule has 0 aliphatic carbocycles. The van der Waals surface area contributed by atoms with Crippen LogP contribution in [-0.4, -0.2) is 41.7 Å². The molecule has 1 amide bonds. The van der Waals surface area contributed by atoms with Gasteiger partial charge in [0, 0.05) is 18.2 Å². The van der Waals surface area contributed by atoms with Crippen molar-refractivity contribution in [2.24, 2.45) is 5.10 Å². The van der Waals surface area contributed by atoms with Crippen LogP contribution in [0.3, 0.4) is 0 Å². The van der Waals surface area contributed by atoms with Crippen molar-refractivity contribution >= 4 is 27.3 Å². The molecule has 1 aromatic carbocycles. The maximum absolute atomic E-state index is 12.3. The molecule has 0 bridgehead atoms. The fourth-order valence-corrected chi connectivity index (χ4v) is 4.77. The summed E-state index contributed by atoms with van der Waals surface area (Å²) in [5, 5.41) is 0.678. The second kappa shape index (κ2) is 5.14. The van der Waals surface area contributed by atoms with E-state index < -0.39 is 32.5 Å². The lowest BCUT2D eigenvalue weighted by Gasteiger charge is -2.36. The molecule has 114 valence electrons. The van der Waals surface area contributed by atoms with Crippen LogP contribution >= 0.6 is 15.2 Å². The van der Waals surface area contributed by atoms with Crippen LogP contribution in [0.2, 0.25) is 0 Å². The van der Waals surface area contributed by atoms with Crippen LogP contribution in [0.15, 0.2) is 35.4 Å². The molecular weight excluding hydrogens is 322 g/mol. The van der Waals surface area contributed by atoms with E-state index in [4.69, 9.17) is 0 Å². The number of rotatable bonds is 3. The maximum atomic E-state index is 12.3. The second-order valence-corrected chi connectivity index (χ2v) is 8.36. The first-order valence-electron chi connectivity index (χ1n) is 5.64. The molecule has 0 unspecified atom stereocenters. The summed E-state index contributed by atoms with van der Waals surface area (Å²) in [6, 6.07) is 7.32. The molecule has 1 aliphatic heterocycles. The molecule has 21 heavy (non-hydrogen) atoms. The minimum atomic E-state index is -5.38. The third-order valence-corrected chi connectivity index (χ3v) is 7.22. The highest BCUT2D eigenvalue weighted by atomic mass is 31.2. The fraction of sp³-hybridized carbons (Fsp3) is 0.200. The average Bonchev–Trinajstić information content (AvgIpc) is 2.83. The summed E-state index contributed by atoms with van der Waals surface area (Å²) >= 11 is 0. The lowest BCUT2D eigenvalue weighted by atomic mass is 10.2. The van der Waals surface area contributed by atoms with Crippen molar-refractivity contribution in [2.45, 2.75) is 11.4 Å². The zero-order valence-electron chi connectivity index (χ0n) is 10.5. The largest absolute Gasteiger partial charge is 0.365 e. The molecule has 1 aliphatic rings. The van der Waals surface area contributed by atoms with Crippen molar-refractivity contribution in [3.05, 3.63) is 35.9 Å². The summed E-state index contributed by atoms with van der Waals surface area (Å²) in [4.78, 5) is 49.9. The predicted octanol–water partition coefficient (Wildman–Crippen LogP) is 0.527. The standard InChI is InChI=1S/C10H12N2O7P2/c13-9(8-4-2-1-3-5-8)12-10(6-7-11-12,20(14,15)16)21(17,18)19/h1-5,7H,6H2,(H2,14,15,16)(H2,17,18,19). The van der Waals surface area contributed by atoms with E-state index in [1.807, 2.05) is 0 Å². The summed E-state index contributed by atoms with van der Waals surface area (Å²) in [5.41, 5.74) is 0.00262. The van der Waals surface area contributed by atoms with Crippen LogP contribution in [0.1, 0.15) is 16.8 Å². The number of carbonyl (C=O) groups excluding carboxylic acids is 1. The molecule has 0 fully saturated rings. The lowest BCUT2D eigenvalue weighted by Crippen LogP contribution is -2.45. The van der Waals surface area contributed by atoms with Crippen LogP contribution in [0.4, 0.5) is 0 Å². The van der Waals surface area contributed by atoms with E-state index in [-0.39, 0.29) is 10.6 Å². The van der Waals surface area contributed by atoms with E-state index >= 15 is 0 Å². The first kappa shape index (κ1) is 16.0. The van der Waals surface area contributed by atoms with Gasteiger partial charge in [0.2, 0.25) is 0 Å². The first-order valence-corrected chi connectivity index (χ1v) is 8.87. The minimum absolute atomic E-state index is 0.00262. The zero-order chi connectivity index (χ0) is 15.9. The molecule has 0 atom stereocenters. The van der Waals surface area contributed by atoms with Crippen LogP contribution in [-0.2, 0) is 9.13 Å². The third kappa shape index (κ3) is 2.48. The lowest BCUT2D eigenvalue weighted by molar-refractivity contribution is 0.0683. The Morgan fingerprint density at radius 1 is 1.10 bits per heavy atom. The number of hydrogen-bond donors (Lipinski definition) is 4. The Morgan fingerprint density at radius 3 is 2.10 bits per heavy atom. The Morgan fingerprint density at radius 2 is 1.62 bits per heavy atom. The topological polar surface area (TPSA) is 148 Å². The fourth-order valence-electron chi connectivity index (χ4n) is 2.00. The highest BCUT2D eigenvalue weighted by Gasteiger charge is 2.67. The van der Waals surface area contributed by atoms with Crippen molar-refractivity contribution in [2.75, 3.05) is 0 Å². The minimum Gasteiger partial charge on any atom is -0.322 e. The molecule has 11 heteroatoms. The van der Waals surface area contributed by atoms with Gasteiger partial charge in [-0.15, -0.1) is 0 Å². The monoisotopic (exact) mass is 334 g/mol. The first-order chi connectivity index (χ1) is 9.61. The van der Waals surface area contributed by atoms with Gasteiger partial charge in [0.05, 0.1) is 0 Å². The maximum Gasteiger partial charge on any atom is 0.365 e. The molecule has 1 aromatic rings. The van der Waals surface area contributed by atoms with E-state index in [1.54, 1.807) is 6.07 Å². The van der Waals surface area contributed by atoms with Gasteiger partial charge in [-0.3, -0.25) is 13.9 Å². The van der Waals surface area contributed by atoms with E-state index in [0.717, 1.165) is 6.21 Å². The summed E-state index contributed by atoms with van der Waals surface area (Å²) in [5.74, 6) is -1.00. The summed E-state index contributed by atoms with van der Waals surface area (Å²) in [6.07, 6.45) is 0.166. The molecule has 9 nitrogen and oxygen atoms in total. The Kier molecular flexibility index (Phi) is 3.92. The van der Waals surface area contributed by atoms with E-state index in [9.17, 15) is 33.5 Å². The summed E-state index contributed by atoms with van der Waals surface area (Å²) in [6.45, 7) is 0. The van der Waals surface area contributed by atoms with Crippen molar-refractivity contribution in [3.63, 3.8) is 0 Å². The van der Waals surface area contributed by atoms with Gasteiger partial charge in [0.25, 0.3) is 10.9 Å². The highest BCUT2D eigenvalue weighted by Crippen LogP contribution is 2.73.